The SMILES string of the molecule is CCCCCCNC=CC(=O)Nc1cn([C@@H]2O[C@H](CO)[C@@H](O)[C@H]2O)c(=O)[nH]c1=O. The Morgan fingerprint density at radius 1 is 1.28 bits per heavy atom. The molecule has 0 bridgehead atoms. The average Bonchev–Trinajstić information content (AvgIpc) is 2.97. The van der Waals surface area contributed by atoms with Crippen molar-refractivity contribution in [2.45, 2.75) is 57.1 Å². The minimum atomic E-state index is -1.50. The Bertz CT molecular complexity index is 819. The number of hydrogen-bond donors (Lipinski definition) is 6. The standard InChI is InChI=1S/C18H28N4O7/c1-2-3-4-5-7-19-8-6-13(24)20-11-9-22(18(28)21-16(11)27)17-15(26)14(25)12(10-23)29-17/h6,8-9,12,14-15,17,19,23,25-26H,2-5,7,10H2,1H3,(H,20,24)(H,21,27,28)/t12-,14-,15-,17-/m1/s1. The molecule has 1 aliphatic heterocycles. The lowest BCUT2D eigenvalue weighted by molar-refractivity contribution is -0.111. The quantitative estimate of drug-likeness (QED) is 0.205. The van der Waals surface area contributed by atoms with Crippen molar-refractivity contribution in [2.24, 2.45) is 0 Å². The number of nitrogens with one attached hydrogen (secondary N) is 3. The fourth-order valence-electron chi connectivity index (χ4n) is 2.92. The van der Waals surface area contributed by atoms with E-state index in [1.54, 1.807) is 0 Å². The Morgan fingerprint density at radius 3 is 2.69 bits per heavy atom. The molecule has 0 spiro atoms. The third-order valence-electron chi connectivity index (χ3n) is 4.54. The summed E-state index contributed by atoms with van der Waals surface area (Å²) in [5.41, 5.74) is -1.96. The van der Waals surface area contributed by atoms with Crippen LogP contribution in [-0.4, -0.2) is 62.2 Å². The van der Waals surface area contributed by atoms with Crippen molar-refractivity contribution < 1.29 is 24.9 Å². The molecule has 0 radical (unpaired) electrons. The Labute approximate surface area is 167 Å². The van der Waals surface area contributed by atoms with Gasteiger partial charge in [0.25, 0.3) is 5.56 Å². The first-order valence-corrected chi connectivity index (χ1v) is 9.57. The molecule has 11 nitrogen and oxygen atoms in total. The second-order valence-electron chi connectivity index (χ2n) is 6.78. The van der Waals surface area contributed by atoms with Gasteiger partial charge in [-0.05, 0) is 6.42 Å². The van der Waals surface area contributed by atoms with E-state index in [0.717, 1.165) is 43.0 Å². The van der Waals surface area contributed by atoms with Crippen LogP contribution in [0.1, 0.15) is 38.8 Å². The maximum atomic E-state index is 12.1. The van der Waals surface area contributed by atoms with Crippen LogP contribution in [0.15, 0.2) is 28.1 Å². The van der Waals surface area contributed by atoms with E-state index in [2.05, 4.69) is 17.6 Å². The number of carbonyl (C=O) groups is 1. The van der Waals surface area contributed by atoms with Crippen LogP contribution in [-0.2, 0) is 9.53 Å². The van der Waals surface area contributed by atoms with Gasteiger partial charge in [-0.1, -0.05) is 26.2 Å². The van der Waals surface area contributed by atoms with Gasteiger partial charge in [-0.2, -0.15) is 0 Å². The highest BCUT2D eigenvalue weighted by Gasteiger charge is 2.43. The summed E-state index contributed by atoms with van der Waals surface area (Å²) in [5.74, 6) is -0.595. The summed E-state index contributed by atoms with van der Waals surface area (Å²) >= 11 is 0. The number of hydrogen-bond acceptors (Lipinski definition) is 8. The van der Waals surface area contributed by atoms with Gasteiger partial charge in [0.1, 0.15) is 24.0 Å². The van der Waals surface area contributed by atoms with Gasteiger partial charge < -0.3 is 30.7 Å². The van der Waals surface area contributed by atoms with Gasteiger partial charge >= 0.3 is 5.69 Å². The van der Waals surface area contributed by atoms with Crippen molar-refractivity contribution in [3.05, 3.63) is 39.3 Å². The van der Waals surface area contributed by atoms with Gasteiger partial charge in [0.15, 0.2) is 6.23 Å². The molecular formula is C18H28N4O7. The van der Waals surface area contributed by atoms with Gasteiger partial charge in [0.2, 0.25) is 5.91 Å². The molecule has 1 aromatic heterocycles. The fraction of sp³-hybridized carbons (Fsp3) is 0.611. The molecule has 0 aromatic carbocycles. The molecule has 1 saturated heterocycles. The minimum absolute atomic E-state index is 0.236. The molecule has 2 rings (SSSR count). The summed E-state index contributed by atoms with van der Waals surface area (Å²) < 4.78 is 6.12. The second-order valence-corrected chi connectivity index (χ2v) is 6.78. The van der Waals surface area contributed by atoms with E-state index in [1.807, 2.05) is 4.98 Å². The summed E-state index contributed by atoms with van der Waals surface area (Å²) in [6.45, 7) is 2.28. The fourth-order valence-corrected chi connectivity index (χ4v) is 2.92. The number of aromatic amines is 1. The van der Waals surface area contributed by atoms with Crippen LogP contribution < -0.4 is 21.9 Å². The number of nitrogens with zero attached hydrogens (tertiary/aromatic N) is 1. The zero-order valence-corrected chi connectivity index (χ0v) is 16.2. The van der Waals surface area contributed by atoms with Crippen LogP contribution in [0.5, 0.6) is 0 Å². The lowest BCUT2D eigenvalue weighted by Crippen LogP contribution is -2.38. The van der Waals surface area contributed by atoms with Crippen molar-refractivity contribution in [1.82, 2.24) is 14.9 Å². The summed E-state index contributed by atoms with van der Waals surface area (Å²) in [4.78, 5) is 38.1. The average molecular weight is 412 g/mol. The van der Waals surface area contributed by atoms with Gasteiger partial charge in [0.05, 0.1) is 6.61 Å². The summed E-state index contributed by atoms with van der Waals surface area (Å²) in [7, 11) is 0. The van der Waals surface area contributed by atoms with Crippen LogP contribution in [0.3, 0.4) is 0 Å². The zero-order valence-electron chi connectivity index (χ0n) is 16.2. The monoisotopic (exact) mass is 412 g/mol. The van der Waals surface area contributed by atoms with Gasteiger partial charge in [-0.3, -0.25) is 19.1 Å². The topological polar surface area (TPSA) is 166 Å². The predicted octanol–water partition coefficient (Wildman–Crippen LogP) is -1.23. The van der Waals surface area contributed by atoms with Gasteiger partial charge in [-0.15, -0.1) is 0 Å². The molecule has 2 heterocycles. The van der Waals surface area contributed by atoms with E-state index < -0.39 is 48.3 Å². The number of aliphatic hydroxyl groups excluding tert-OH is 3. The normalized spacial score (nSPS) is 24.1. The first-order chi connectivity index (χ1) is 13.9. The smallest absolute Gasteiger partial charge is 0.330 e. The molecule has 162 valence electrons. The number of H-pyrrole nitrogens is 1. The van der Waals surface area contributed by atoms with E-state index in [4.69, 9.17) is 9.84 Å². The van der Waals surface area contributed by atoms with Crippen LogP contribution in [0.2, 0.25) is 0 Å². The highest BCUT2D eigenvalue weighted by molar-refractivity contribution is 5.98. The van der Waals surface area contributed by atoms with Crippen LogP contribution >= 0.6 is 0 Å². The van der Waals surface area contributed by atoms with Crippen molar-refractivity contribution >= 4 is 11.6 Å². The number of unbranched alkanes of at least 4 members (excludes halogenated alkanes) is 3. The summed E-state index contributed by atoms with van der Waals surface area (Å²) in [6.07, 6.45) is 2.74. The Morgan fingerprint density at radius 2 is 2.03 bits per heavy atom. The third kappa shape index (κ3) is 6.00. The molecule has 1 fully saturated rings. The molecule has 0 aliphatic carbocycles. The van der Waals surface area contributed by atoms with E-state index >= 15 is 0 Å². The molecule has 11 heteroatoms. The maximum Gasteiger partial charge on any atom is 0.330 e. The first-order valence-electron chi connectivity index (χ1n) is 9.57. The van der Waals surface area contributed by atoms with Crippen molar-refractivity contribution in [3.8, 4) is 0 Å². The molecule has 1 aromatic rings. The lowest BCUT2D eigenvalue weighted by Gasteiger charge is -2.17. The number of aromatic nitrogens is 2. The molecule has 1 amide bonds. The molecule has 29 heavy (non-hydrogen) atoms. The van der Waals surface area contributed by atoms with Crippen LogP contribution in [0.4, 0.5) is 5.69 Å². The Kier molecular flexibility index (Phi) is 8.58. The molecule has 4 atom stereocenters. The van der Waals surface area contributed by atoms with E-state index in [0.29, 0.717) is 0 Å². The number of aliphatic hydroxyl groups is 3. The molecule has 0 unspecified atom stereocenters. The minimum Gasteiger partial charge on any atom is -0.394 e. The third-order valence-corrected chi connectivity index (χ3v) is 4.54. The number of rotatable bonds is 10. The Balaban J connectivity index is 2.03. The number of ether oxygens (including phenoxy) is 1. The van der Waals surface area contributed by atoms with E-state index in [-0.39, 0.29) is 5.69 Å². The summed E-state index contributed by atoms with van der Waals surface area (Å²) in [6, 6.07) is 0. The molecule has 1 aliphatic rings. The molecule has 6 N–H and O–H groups in total. The van der Waals surface area contributed by atoms with E-state index in [9.17, 15) is 24.6 Å². The second kappa shape index (κ2) is 10.9. The highest BCUT2D eigenvalue weighted by atomic mass is 16.6. The Hall–Kier alpha value is -2.47. The van der Waals surface area contributed by atoms with Crippen LogP contribution in [0, 0.1) is 0 Å². The largest absolute Gasteiger partial charge is 0.394 e. The molecule has 0 saturated carbocycles. The van der Waals surface area contributed by atoms with Gasteiger partial charge in [0, 0.05) is 25.0 Å². The summed E-state index contributed by atoms with van der Waals surface area (Å²) in [5, 5.41) is 34.4. The number of carbonyl (C=O) groups excluding carboxylic acids is 1. The molecular weight excluding hydrogens is 384 g/mol. The van der Waals surface area contributed by atoms with Crippen molar-refractivity contribution in [2.75, 3.05) is 18.5 Å². The first kappa shape index (κ1) is 22.8. The van der Waals surface area contributed by atoms with Gasteiger partial charge in [-0.25, -0.2) is 4.79 Å². The number of anilines is 1. The van der Waals surface area contributed by atoms with Crippen LogP contribution in [0.25, 0.3) is 0 Å². The zero-order chi connectivity index (χ0) is 21.4. The maximum absolute atomic E-state index is 12.1. The highest BCUT2D eigenvalue weighted by Crippen LogP contribution is 2.28. The predicted molar refractivity (Wildman–Crippen MR) is 104 cm³/mol. The van der Waals surface area contributed by atoms with E-state index in [1.165, 1.54) is 12.3 Å². The number of amides is 1. The van der Waals surface area contributed by atoms with Crippen molar-refractivity contribution in [1.29, 1.82) is 0 Å². The van der Waals surface area contributed by atoms with Crippen molar-refractivity contribution in [3.63, 3.8) is 0 Å². The lowest BCUT2D eigenvalue weighted by atomic mass is 10.1.